The van der Waals surface area contributed by atoms with Gasteiger partial charge in [-0.3, -0.25) is 0 Å². The van der Waals surface area contributed by atoms with E-state index in [1.807, 2.05) is 6.92 Å². The maximum atomic E-state index is 12.3. The molecule has 0 amide bonds. The number of rotatable bonds is 6. The van der Waals surface area contributed by atoms with Gasteiger partial charge in [-0.2, -0.15) is 13.5 Å². The summed E-state index contributed by atoms with van der Waals surface area (Å²) in [7, 11) is -3.78. The van der Waals surface area contributed by atoms with Crippen molar-refractivity contribution in [3.63, 3.8) is 0 Å². The first-order chi connectivity index (χ1) is 11.7. The second-order valence-corrected chi connectivity index (χ2v) is 7.44. The van der Waals surface area contributed by atoms with Gasteiger partial charge >= 0.3 is 0 Å². The van der Waals surface area contributed by atoms with E-state index in [4.69, 9.17) is 16.3 Å². The molecule has 0 aliphatic rings. The summed E-state index contributed by atoms with van der Waals surface area (Å²) < 4.78 is 29.9. The lowest BCUT2D eigenvalue weighted by Crippen LogP contribution is -2.19. The van der Waals surface area contributed by atoms with Crippen LogP contribution < -0.4 is 9.57 Å². The van der Waals surface area contributed by atoms with Crippen LogP contribution in [0.25, 0.3) is 0 Å². The van der Waals surface area contributed by atoms with Crippen molar-refractivity contribution in [1.82, 2.24) is 4.83 Å². The third-order valence-corrected chi connectivity index (χ3v) is 5.03. The molecule has 0 heterocycles. The summed E-state index contributed by atoms with van der Waals surface area (Å²) in [6.45, 7) is 5.73. The molecule has 0 aliphatic carbocycles. The minimum atomic E-state index is -3.78. The summed E-state index contributed by atoms with van der Waals surface area (Å²) in [5, 5.41) is 13.7. The molecule has 0 radical (unpaired) electrons. The zero-order valence-electron chi connectivity index (χ0n) is 14.1. The van der Waals surface area contributed by atoms with Crippen LogP contribution in [0, 0.1) is 13.8 Å². The van der Waals surface area contributed by atoms with E-state index in [0.29, 0.717) is 17.7 Å². The summed E-state index contributed by atoms with van der Waals surface area (Å²) in [4.78, 5) is 2.33. The first-order valence-corrected chi connectivity index (χ1v) is 9.38. The maximum Gasteiger partial charge on any atom is 0.276 e. The van der Waals surface area contributed by atoms with E-state index in [-0.39, 0.29) is 21.4 Å². The van der Waals surface area contributed by atoms with E-state index in [1.54, 1.807) is 26.0 Å². The Morgan fingerprint density at radius 2 is 2.00 bits per heavy atom. The average Bonchev–Trinajstić information content (AvgIpc) is 2.51. The van der Waals surface area contributed by atoms with Gasteiger partial charge in [0.1, 0.15) is 0 Å². The van der Waals surface area contributed by atoms with Gasteiger partial charge in [-0.05, 0) is 50.1 Å². The molecule has 0 unspecified atom stereocenters. The van der Waals surface area contributed by atoms with Crippen molar-refractivity contribution in [3.8, 4) is 11.5 Å². The van der Waals surface area contributed by atoms with Gasteiger partial charge in [0.2, 0.25) is 0 Å². The molecule has 134 valence electrons. The van der Waals surface area contributed by atoms with E-state index in [1.165, 1.54) is 24.4 Å². The third kappa shape index (κ3) is 4.64. The van der Waals surface area contributed by atoms with Crippen LogP contribution in [0.5, 0.6) is 11.5 Å². The first-order valence-electron chi connectivity index (χ1n) is 7.52. The number of phenols is 1. The van der Waals surface area contributed by atoms with Crippen molar-refractivity contribution < 1.29 is 18.3 Å². The number of hydrogen-bond donors (Lipinski definition) is 2. The normalized spacial score (nSPS) is 11.7. The number of aryl methyl sites for hydroxylation is 2. The van der Waals surface area contributed by atoms with Crippen LogP contribution in [0.4, 0.5) is 0 Å². The van der Waals surface area contributed by atoms with E-state index in [9.17, 15) is 13.5 Å². The number of aromatic hydroxyl groups is 1. The van der Waals surface area contributed by atoms with E-state index < -0.39 is 10.0 Å². The molecule has 2 rings (SSSR count). The van der Waals surface area contributed by atoms with E-state index >= 15 is 0 Å². The quantitative estimate of drug-likeness (QED) is 0.592. The number of halogens is 1. The van der Waals surface area contributed by atoms with Crippen molar-refractivity contribution in [1.29, 1.82) is 0 Å². The third-order valence-electron chi connectivity index (χ3n) is 3.36. The smallest absolute Gasteiger partial charge is 0.276 e. The van der Waals surface area contributed by atoms with Crippen LogP contribution in [-0.2, 0) is 10.0 Å². The van der Waals surface area contributed by atoms with Crippen molar-refractivity contribution >= 4 is 27.8 Å². The highest BCUT2D eigenvalue weighted by atomic mass is 35.5. The second kappa shape index (κ2) is 7.76. The number of hydrogen-bond acceptors (Lipinski definition) is 5. The Hall–Kier alpha value is -2.25. The Balaban J connectivity index is 2.22. The van der Waals surface area contributed by atoms with Crippen LogP contribution >= 0.6 is 11.6 Å². The maximum absolute atomic E-state index is 12.3. The Morgan fingerprint density at radius 3 is 2.64 bits per heavy atom. The van der Waals surface area contributed by atoms with E-state index in [2.05, 4.69) is 9.93 Å². The van der Waals surface area contributed by atoms with Crippen molar-refractivity contribution in [2.75, 3.05) is 6.61 Å². The molecule has 0 atom stereocenters. The standard InChI is InChI=1S/C17H19ClN2O4S/c1-4-24-15-9-13(8-14(18)17(15)21)10-19-20-25(22,23)16-6-5-11(2)7-12(16)3/h5-10,20-21H,4H2,1-3H3/b19-10+. The van der Waals surface area contributed by atoms with Crippen molar-refractivity contribution in [3.05, 3.63) is 52.0 Å². The Bertz CT molecular complexity index is 911. The first kappa shape index (κ1) is 19.1. The van der Waals surface area contributed by atoms with Crippen LogP contribution in [0.2, 0.25) is 5.02 Å². The largest absolute Gasteiger partial charge is 0.503 e. The summed E-state index contributed by atoms with van der Waals surface area (Å²) in [5.41, 5.74) is 2.09. The van der Waals surface area contributed by atoms with Crippen LogP contribution in [0.3, 0.4) is 0 Å². The second-order valence-electron chi connectivity index (χ2n) is 5.40. The zero-order valence-corrected chi connectivity index (χ0v) is 15.6. The number of benzene rings is 2. The monoisotopic (exact) mass is 382 g/mol. The van der Waals surface area contributed by atoms with Crippen molar-refractivity contribution in [2.45, 2.75) is 25.7 Å². The Labute approximate surface area is 152 Å². The SMILES string of the molecule is CCOc1cc(/C=N/NS(=O)(=O)c2ccc(C)cc2C)cc(Cl)c1O. The predicted molar refractivity (Wildman–Crippen MR) is 98.1 cm³/mol. The molecule has 8 heteroatoms. The van der Waals surface area contributed by atoms with Gasteiger partial charge in [0.15, 0.2) is 11.5 Å². The highest BCUT2D eigenvalue weighted by Gasteiger charge is 2.15. The lowest BCUT2D eigenvalue weighted by atomic mass is 10.2. The number of phenolic OH excluding ortho intramolecular Hbond substituents is 1. The summed E-state index contributed by atoms with van der Waals surface area (Å²) in [6, 6.07) is 8.01. The zero-order chi connectivity index (χ0) is 18.6. The minimum Gasteiger partial charge on any atom is -0.503 e. The average molecular weight is 383 g/mol. The number of sulfonamides is 1. The number of hydrazone groups is 1. The van der Waals surface area contributed by atoms with Gasteiger partial charge in [-0.1, -0.05) is 29.3 Å². The van der Waals surface area contributed by atoms with Gasteiger partial charge in [-0.25, -0.2) is 4.83 Å². The lowest BCUT2D eigenvalue weighted by molar-refractivity contribution is 0.318. The molecule has 0 fully saturated rings. The van der Waals surface area contributed by atoms with Crippen LogP contribution in [-0.4, -0.2) is 26.3 Å². The number of nitrogens with one attached hydrogen (secondary N) is 1. The summed E-state index contributed by atoms with van der Waals surface area (Å²) in [5.74, 6) is 0.0326. The molecule has 0 spiro atoms. The summed E-state index contributed by atoms with van der Waals surface area (Å²) >= 11 is 5.92. The van der Waals surface area contributed by atoms with Gasteiger partial charge in [0, 0.05) is 0 Å². The topological polar surface area (TPSA) is 88.0 Å². The molecule has 0 saturated heterocycles. The van der Waals surface area contributed by atoms with Gasteiger partial charge < -0.3 is 9.84 Å². The fourth-order valence-electron chi connectivity index (χ4n) is 2.25. The Morgan fingerprint density at radius 1 is 1.28 bits per heavy atom. The molecule has 0 bridgehead atoms. The number of nitrogens with zero attached hydrogens (tertiary/aromatic N) is 1. The fourth-order valence-corrected chi connectivity index (χ4v) is 3.49. The highest BCUT2D eigenvalue weighted by molar-refractivity contribution is 7.89. The number of ether oxygens (including phenoxy) is 1. The molecule has 2 aromatic carbocycles. The Kier molecular flexibility index (Phi) is 5.92. The van der Waals surface area contributed by atoms with Gasteiger partial charge in [-0.15, -0.1) is 0 Å². The molecule has 0 saturated carbocycles. The van der Waals surface area contributed by atoms with Gasteiger partial charge in [0.05, 0.1) is 22.7 Å². The van der Waals surface area contributed by atoms with Crippen molar-refractivity contribution in [2.24, 2.45) is 5.10 Å². The summed E-state index contributed by atoms with van der Waals surface area (Å²) in [6.07, 6.45) is 1.29. The molecular formula is C17H19ClN2O4S. The van der Waals surface area contributed by atoms with Crippen LogP contribution in [0.15, 0.2) is 40.3 Å². The molecule has 0 aromatic heterocycles. The molecule has 2 N–H and O–H groups in total. The molecular weight excluding hydrogens is 364 g/mol. The fraction of sp³-hybridized carbons (Fsp3) is 0.235. The highest BCUT2D eigenvalue weighted by Crippen LogP contribution is 2.34. The molecule has 0 aliphatic heterocycles. The molecule has 2 aromatic rings. The molecule has 25 heavy (non-hydrogen) atoms. The van der Waals surface area contributed by atoms with E-state index in [0.717, 1.165) is 5.56 Å². The van der Waals surface area contributed by atoms with Crippen LogP contribution in [0.1, 0.15) is 23.6 Å². The lowest BCUT2D eigenvalue weighted by Gasteiger charge is -2.09. The molecule has 6 nitrogen and oxygen atoms in total. The minimum absolute atomic E-state index is 0.0876. The predicted octanol–water partition coefficient (Wildman–Crippen LogP) is 3.37. The van der Waals surface area contributed by atoms with Gasteiger partial charge in [0.25, 0.3) is 10.0 Å².